The zero-order valence-corrected chi connectivity index (χ0v) is 14.8. The maximum atomic E-state index is 12.7. The third kappa shape index (κ3) is 6.04. The van der Waals surface area contributed by atoms with Gasteiger partial charge < -0.3 is 10.2 Å². The lowest BCUT2D eigenvalue weighted by Crippen LogP contribution is -2.44. The van der Waals surface area contributed by atoms with Gasteiger partial charge in [0.15, 0.2) is 0 Å². The number of rotatable bonds is 5. The topological polar surface area (TPSA) is 32.3 Å². The molecule has 25 heavy (non-hydrogen) atoms. The van der Waals surface area contributed by atoms with E-state index in [4.69, 9.17) is 11.6 Å². The van der Waals surface area contributed by atoms with Crippen molar-refractivity contribution in [1.29, 1.82) is 0 Å². The summed E-state index contributed by atoms with van der Waals surface area (Å²) in [5, 5.41) is 3.07. The minimum atomic E-state index is -4.44. The molecule has 0 saturated carbocycles. The first kappa shape index (κ1) is 19.8. The molecule has 138 valence electrons. The highest BCUT2D eigenvalue weighted by Gasteiger charge is 2.30. The molecule has 0 unspecified atom stereocenters. The SMILES string of the molecule is CCCN1CCC(NC(=O)/C=C/c2cc(C(F)(F)F)ccc2Cl)CC1. The smallest absolute Gasteiger partial charge is 0.350 e. The zero-order valence-electron chi connectivity index (χ0n) is 14.1. The van der Waals surface area contributed by atoms with Crippen molar-refractivity contribution in [2.45, 2.75) is 38.4 Å². The third-order valence-electron chi connectivity index (χ3n) is 4.21. The van der Waals surface area contributed by atoms with E-state index in [9.17, 15) is 18.0 Å². The van der Waals surface area contributed by atoms with E-state index in [-0.39, 0.29) is 22.5 Å². The molecule has 1 fully saturated rings. The van der Waals surface area contributed by atoms with Crippen molar-refractivity contribution in [3.8, 4) is 0 Å². The van der Waals surface area contributed by atoms with Crippen LogP contribution in [0.2, 0.25) is 5.02 Å². The standard InChI is InChI=1S/C18H22ClF3N2O/c1-2-9-24-10-7-15(8-11-24)23-17(25)6-3-13-12-14(18(20,21)22)4-5-16(13)19/h3-6,12,15H,2,7-11H2,1H3,(H,23,25)/b6-3+. The summed E-state index contributed by atoms with van der Waals surface area (Å²) in [4.78, 5) is 14.4. The van der Waals surface area contributed by atoms with E-state index in [1.807, 2.05) is 0 Å². The van der Waals surface area contributed by atoms with Crippen LogP contribution in [-0.4, -0.2) is 36.5 Å². The third-order valence-corrected chi connectivity index (χ3v) is 4.56. The van der Waals surface area contributed by atoms with Gasteiger partial charge in [-0.15, -0.1) is 0 Å². The maximum absolute atomic E-state index is 12.7. The van der Waals surface area contributed by atoms with E-state index < -0.39 is 11.7 Å². The molecule has 1 aliphatic rings. The molecule has 1 heterocycles. The van der Waals surface area contributed by atoms with Crippen LogP contribution < -0.4 is 5.32 Å². The highest BCUT2D eigenvalue weighted by atomic mass is 35.5. The summed E-state index contributed by atoms with van der Waals surface area (Å²) in [5.74, 6) is -0.317. The average molecular weight is 375 g/mol. The van der Waals surface area contributed by atoms with Crippen LogP contribution in [0, 0.1) is 0 Å². The van der Waals surface area contributed by atoms with Crippen LogP contribution in [0.25, 0.3) is 6.08 Å². The molecule has 7 heteroatoms. The first-order valence-corrected chi connectivity index (χ1v) is 8.75. The van der Waals surface area contributed by atoms with Gasteiger partial charge in [0.05, 0.1) is 5.56 Å². The highest BCUT2D eigenvalue weighted by Crippen LogP contribution is 2.32. The number of nitrogens with zero attached hydrogens (tertiary/aromatic N) is 1. The number of alkyl halides is 3. The molecule has 1 aromatic rings. The molecule has 1 aliphatic heterocycles. The average Bonchev–Trinajstić information content (AvgIpc) is 2.55. The van der Waals surface area contributed by atoms with Gasteiger partial charge in [0.2, 0.25) is 5.91 Å². The fourth-order valence-corrected chi connectivity index (χ4v) is 3.06. The lowest BCUT2D eigenvalue weighted by molar-refractivity contribution is -0.137. The second kappa shape index (κ2) is 8.72. The lowest BCUT2D eigenvalue weighted by atomic mass is 10.0. The number of halogens is 4. The van der Waals surface area contributed by atoms with Crippen molar-refractivity contribution >= 4 is 23.6 Å². The Bertz CT molecular complexity index is 623. The van der Waals surface area contributed by atoms with Gasteiger partial charge in [-0.25, -0.2) is 0 Å². The van der Waals surface area contributed by atoms with E-state index in [0.717, 1.165) is 51.0 Å². The van der Waals surface area contributed by atoms with Gasteiger partial charge in [-0.2, -0.15) is 13.2 Å². The molecular weight excluding hydrogens is 353 g/mol. The maximum Gasteiger partial charge on any atom is 0.416 e. The summed E-state index contributed by atoms with van der Waals surface area (Å²) in [7, 11) is 0. The number of carbonyl (C=O) groups excluding carboxylic acids is 1. The second-order valence-corrected chi connectivity index (χ2v) is 6.60. The molecule has 1 amide bonds. The Morgan fingerprint density at radius 1 is 1.36 bits per heavy atom. The Morgan fingerprint density at radius 3 is 2.64 bits per heavy atom. The zero-order chi connectivity index (χ0) is 18.4. The quantitative estimate of drug-likeness (QED) is 0.776. The van der Waals surface area contributed by atoms with Crippen LogP contribution >= 0.6 is 11.6 Å². The van der Waals surface area contributed by atoms with Gasteiger partial charge in [0.1, 0.15) is 0 Å². The van der Waals surface area contributed by atoms with Crippen LogP contribution in [0.15, 0.2) is 24.3 Å². The number of nitrogens with one attached hydrogen (secondary N) is 1. The van der Waals surface area contributed by atoms with E-state index >= 15 is 0 Å². The molecule has 0 aromatic heterocycles. The van der Waals surface area contributed by atoms with E-state index in [1.165, 1.54) is 18.2 Å². The highest BCUT2D eigenvalue weighted by molar-refractivity contribution is 6.32. The Balaban J connectivity index is 1.92. The summed E-state index contributed by atoms with van der Waals surface area (Å²) < 4.78 is 38.2. The first-order valence-electron chi connectivity index (χ1n) is 8.37. The lowest BCUT2D eigenvalue weighted by Gasteiger charge is -2.31. The fourth-order valence-electron chi connectivity index (χ4n) is 2.88. The largest absolute Gasteiger partial charge is 0.416 e. The summed E-state index contributed by atoms with van der Waals surface area (Å²) in [6.07, 6.45) is 0.978. The van der Waals surface area contributed by atoms with E-state index in [2.05, 4.69) is 17.1 Å². The minimum absolute atomic E-state index is 0.0993. The molecule has 2 rings (SSSR count). The van der Waals surface area contributed by atoms with Crippen LogP contribution in [-0.2, 0) is 11.0 Å². The van der Waals surface area contributed by atoms with Crippen LogP contribution in [0.1, 0.15) is 37.3 Å². The minimum Gasteiger partial charge on any atom is -0.350 e. The van der Waals surface area contributed by atoms with Crippen molar-refractivity contribution in [1.82, 2.24) is 10.2 Å². The van der Waals surface area contributed by atoms with Crippen molar-refractivity contribution in [3.63, 3.8) is 0 Å². The molecule has 0 bridgehead atoms. The van der Waals surface area contributed by atoms with Crippen molar-refractivity contribution < 1.29 is 18.0 Å². The Kier molecular flexibility index (Phi) is 6.90. The first-order chi connectivity index (χ1) is 11.8. The van der Waals surface area contributed by atoms with Crippen LogP contribution in [0.5, 0.6) is 0 Å². The number of piperidine rings is 1. The van der Waals surface area contributed by atoms with E-state index in [1.54, 1.807) is 0 Å². The molecule has 0 radical (unpaired) electrons. The Hall–Kier alpha value is -1.53. The number of hydrogen-bond acceptors (Lipinski definition) is 2. The van der Waals surface area contributed by atoms with Crippen molar-refractivity contribution in [2.24, 2.45) is 0 Å². The molecule has 1 saturated heterocycles. The van der Waals surface area contributed by atoms with Crippen molar-refractivity contribution in [3.05, 3.63) is 40.4 Å². The predicted octanol–water partition coefficient (Wildman–Crippen LogP) is 4.36. The second-order valence-electron chi connectivity index (χ2n) is 6.19. The summed E-state index contributed by atoms with van der Waals surface area (Å²) in [6, 6.07) is 3.15. The number of benzene rings is 1. The van der Waals surface area contributed by atoms with Gasteiger partial charge in [0.25, 0.3) is 0 Å². The van der Waals surface area contributed by atoms with Crippen molar-refractivity contribution in [2.75, 3.05) is 19.6 Å². The Labute approximate surface area is 150 Å². The molecule has 3 nitrogen and oxygen atoms in total. The van der Waals surface area contributed by atoms with Crippen LogP contribution in [0.4, 0.5) is 13.2 Å². The molecule has 0 aliphatic carbocycles. The van der Waals surface area contributed by atoms with Gasteiger partial charge in [-0.3, -0.25) is 4.79 Å². The number of amides is 1. The molecular formula is C18H22ClF3N2O. The monoisotopic (exact) mass is 374 g/mol. The number of hydrogen-bond donors (Lipinski definition) is 1. The van der Waals surface area contributed by atoms with Gasteiger partial charge in [-0.1, -0.05) is 18.5 Å². The number of likely N-dealkylation sites (tertiary alicyclic amines) is 1. The van der Waals surface area contributed by atoms with E-state index in [0.29, 0.717) is 0 Å². The Morgan fingerprint density at radius 2 is 2.04 bits per heavy atom. The summed E-state index contributed by atoms with van der Waals surface area (Å²) >= 11 is 5.91. The van der Waals surface area contributed by atoms with Gasteiger partial charge >= 0.3 is 6.18 Å². The molecule has 0 atom stereocenters. The van der Waals surface area contributed by atoms with Crippen LogP contribution in [0.3, 0.4) is 0 Å². The molecule has 0 spiro atoms. The fraction of sp³-hybridized carbons (Fsp3) is 0.500. The molecule has 1 N–H and O–H groups in total. The molecule has 1 aromatic carbocycles. The predicted molar refractivity (Wildman–Crippen MR) is 93.4 cm³/mol. The summed E-state index contributed by atoms with van der Waals surface area (Å²) in [6.45, 7) is 5.09. The van der Waals surface area contributed by atoms with Gasteiger partial charge in [0, 0.05) is 30.2 Å². The normalized spacial score (nSPS) is 17.2. The van der Waals surface area contributed by atoms with Gasteiger partial charge in [-0.05, 0) is 55.6 Å². The number of carbonyl (C=O) groups is 1. The summed E-state index contributed by atoms with van der Waals surface area (Å²) in [5.41, 5.74) is -0.621.